The smallest absolute Gasteiger partial charge is 0.376 e. The van der Waals surface area contributed by atoms with Crippen LogP contribution in [0.25, 0.3) is 0 Å². The van der Waals surface area contributed by atoms with Gasteiger partial charge in [-0.15, -0.1) is 12.8 Å². The number of terminal acetylenes is 2. The van der Waals surface area contributed by atoms with Gasteiger partial charge in [0.2, 0.25) is 0 Å². The first-order valence-corrected chi connectivity index (χ1v) is 5.29. The van der Waals surface area contributed by atoms with Crippen LogP contribution < -0.4 is 0 Å². The van der Waals surface area contributed by atoms with Crippen LogP contribution in [0.4, 0.5) is 0 Å². The Kier molecular flexibility index (Phi) is 4.64. The first-order chi connectivity index (χ1) is 5.24. The van der Waals surface area contributed by atoms with Crippen molar-refractivity contribution in [2.45, 2.75) is 13.8 Å². The maximum atomic E-state index is 5.21. The molecule has 0 spiro atoms. The Morgan fingerprint density at radius 1 is 1.09 bits per heavy atom. The van der Waals surface area contributed by atoms with Crippen molar-refractivity contribution in [3.05, 3.63) is 0 Å². The van der Waals surface area contributed by atoms with Crippen molar-refractivity contribution in [1.82, 2.24) is 0 Å². The van der Waals surface area contributed by atoms with Gasteiger partial charge in [-0.25, -0.2) is 0 Å². The molecule has 0 atom stereocenters. The monoisotopic (exact) mass is 168 g/mol. The molecule has 0 aromatic carbocycles. The molecule has 0 aliphatic rings. The van der Waals surface area contributed by atoms with Gasteiger partial charge in [0, 0.05) is 13.2 Å². The van der Waals surface area contributed by atoms with E-state index in [1.807, 2.05) is 13.8 Å². The summed E-state index contributed by atoms with van der Waals surface area (Å²) in [4.78, 5) is 0. The van der Waals surface area contributed by atoms with E-state index in [9.17, 15) is 0 Å². The lowest BCUT2D eigenvalue weighted by atomic mass is 10.9. The van der Waals surface area contributed by atoms with Gasteiger partial charge in [0.15, 0.2) is 0 Å². The van der Waals surface area contributed by atoms with Crippen LogP contribution in [-0.4, -0.2) is 21.8 Å². The predicted octanol–water partition coefficient (Wildman–Crippen LogP) is 0.846. The third-order valence-corrected chi connectivity index (χ3v) is 3.23. The van der Waals surface area contributed by atoms with Gasteiger partial charge in [0.25, 0.3) is 0 Å². The van der Waals surface area contributed by atoms with E-state index in [4.69, 9.17) is 21.7 Å². The third kappa shape index (κ3) is 2.77. The number of hydrogen-bond acceptors (Lipinski definition) is 2. The zero-order valence-corrected chi connectivity index (χ0v) is 7.89. The molecule has 0 aromatic rings. The SMILES string of the molecule is C#C[Si](C#C)(OCC)OCC. The molecule has 0 amide bonds. The topological polar surface area (TPSA) is 18.5 Å². The van der Waals surface area contributed by atoms with Crippen LogP contribution >= 0.6 is 0 Å². The largest absolute Gasteiger partial charge is 0.510 e. The second-order valence-electron chi connectivity index (χ2n) is 1.77. The van der Waals surface area contributed by atoms with Crippen molar-refractivity contribution in [3.63, 3.8) is 0 Å². The molecule has 0 heterocycles. The molecule has 0 saturated carbocycles. The highest BCUT2D eigenvalue weighted by molar-refractivity contribution is 6.83. The highest BCUT2D eigenvalue weighted by Crippen LogP contribution is 2.03. The summed E-state index contributed by atoms with van der Waals surface area (Å²) >= 11 is 0. The summed E-state index contributed by atoms with van der Waals surface area (Å²) in [7, 11) is -2.69. The molecule has 0 radical (unpaired) electrons. The maximum Gasteiger partial charge on any atom is 0.510 e. The molecule has 11 heavy (non-hydrogen) atoms. The molecule has 0 aliphatic carbocycles. The predicted molar refractivity (Wildman–Crippen MR) is 46.7 cm³/mol. The zero-order valence-electron chi connectivity index (χ0n) is 6.89. The van der Waals surface area contributed by atoms with Crippen molar-refractivity contribution < 1.29 is 8.85 Å². The second kappa shape index (κ2) is 4.98. The summed E-state index contributed by atoms with van der Waals surface area (Å²) in [5.41, 5.74) is 4.85. The van der Waals surface area contributed by atoms with Crippen molar-refractivity contribution in [3.8, 4) is 23.9 Å². The first kappa shape index (κ1) is 10.3. The lowest BCUT2D eigenvalue weighted by Crippen LogP contribution is -2.39. The van der Waals surface area contributed by atoms with Crippen LogP contribution in [0, 0.1) is 23.9 Å². The Morgan fingerprint density at radius 3 is 1.64 bits per heavy atom. The minimum absolute atomic E-state index is 0.501. The van der Waals surface area contributed by atoms with Gasteiger partial charge in [-0.3, -0.25) is 0 Å². The molecule has 0 aromatic heterocycles. The van der Waals surface area contributed by atoms with Gasteiger partial charge in [0.05, 0.1) is 0 Å². The molecule has 3 heteroatoms. The standard InChI is InChI=1S/C8H12O2Si/c1-5-9-11(7-3,8-4)10-6-2/h3-4H,5-6H2,1-2H3. The Labute approximate surface area is 69.1 Å². The van der Waals surface area contributed by atoms with Crippen LogP contribution in [0.2, 0.25) is 0 Å². The van der Waals surface area contributed by atoms with Crippen LogP contribution in [-0.2, 0) is 8.85 Å². The quantitative estimate of drug-likeness (QED) is 0.457. The van der Waals surface area contributed by atoms with Crippen molar-refractivity contribution >= 4 is 8.56 Å². The van der Waals surface area contributed by atoms with E-state index in [2.05, 4.69) is 11.1 Å². The average Bonchev–Trinajstić information content (AvgIpc) is 2.04. The van der Waals surface area contributed by atoms with Gasteiger partial charge >= 0.3 is 8.56 Å². The summed E-state index contributed by atoms with van der Waals surface area (Å²) in [6, 6.07) is 0. The minimum Gasteiger partial charge on any atom is -0.376 e. The van der Waals surface area contributed by atoms with Gasteiger partial charge in [-0.1, -0.05) is 11.1 Å². The molecule has 0 bridgehead atoms. The van der Waals surface area contributed by atoms with Gasteiger partial charge in [-0.05, 0) is 13.8 Å². The van der Waals surface area contributed by atoms with E-state index in [1.54, 1.807) is 0 Å². The molecule has 0 fully saturated rings. The highest BCUT2D eigenvalue weighted by atomic mass is 28.4. The van der Waals surface area contributed by atoms with Gasteiger partial charge < -0.3 is 8.85 Å². The number of hydrogen-bond donors (Lipinski definition) is 0. The normalized spacial score (nSPS) is 10.2. The molecular weight excluding hydrogens is 156 g/mol. The van der Waals surface area contributed by atoms with Crippen LogP contribution in [0.3, 0.4) is 0 Å². The maximum absolute atomic E-state index is 5.21. The lowest BCUT2D eigenvalue weighted by molar-refractivity contribution is 0.211. The van der Waals surface area contributed by atoms with Gasteiger partial charge in [-0.2, -0.15) is 0 Å². The van der Waals surface area contributed by atoms with Crippen LogP contribution in [0.15, 0.2) is 0 Å². The Morgan fingerprint density at radius 2 is 1.45 bits per heavy atom. The summed E-state index contributed by atoms with van der Waals surface area (Å²) in [6.07, 6.45) is 10.4. The molecule has 0 N–H and O–H groups in total. The molecular formula is C8H12O2Si. The summed E-state index contributed by atoms with van der Waals surface area (Å²) in [5, 5.41) is 0. The van der Waals surface area contributed by atoms with Gasteiger partial charge in [0.1, 0.15) is 0 Å². The van der Waals surface area contributed by atoms with E-state index in [-0.39, 0.29) is 0 Å². The fourth-order valence-corrected chi connectivity index (χ4v) is 1.97. The fraction of sp³-hybridized carbons (Fsp3) is 0.500. The Balaban J connectivity index is 4.27. The first-order valence-electron chi connectivity index (χ1n) is 3.48. The Hall–Kier alpha value is -0.743. The highest BCUT2D eigenvalue weighted by Gasteiger charge is 2.33. The molecule has 60 valence electrons. The molecule has 0 saturated heterocycles. The van der Waals surface area contributed by atoms with E-state index >= 15 is 0 Å². The number of rotatable bonds is 4. The van der Waals surface area contributed by atoms with Crippen molar-refractivity contribution in [1.29, 1.82) is 0 Å². The van der Waals surface area contributed by atoms with Crippen LogP contribution in [0.1, 0.15) is 13.8 Å². The fourth-order valence-electron chi connectivity index (χ4n) is 0.657. The minimum atomic E-state index is -2.69. The van der Waals surface area contributed by atoms with E-state index in [1.165, 1.54) is 0 Å². The summed E-state index contributed by atoms with van der Waals surface area (Å²) in [6.45, 7) is 4.69. The summed E-state index contributed by atoms with van der Waals surface area (Å²) in [5.74, 6) is 0. The van der Waals surface area contributed by atoms with Crippen LogP contribution in [0.5, 0.6) is 0 Å². The molecule has 0 aliphatic heterocycles. The molecule has 0 unspecified atom stereocenters. The van der Waals surface area contributed by atoms with Crippen molar-refractivity contribution in [2.75, 3.05) is 13.2 Å². The zero-order chi connectivity index (χ0) is 8.74. The van der Waals surface area contributed by atoms with E-state index in [0.29, 0.717) is 13.2 Å². The second-order valence-corrected chi connectivity index (χ2v) is 4.16. The lowest BCUT2D eigenvalue weighted by Gasteiger charge is -2.17. The molecule has 0 rings (SSSR count). The average molecular weight is 168 g/mol. The molecule has 2 nitrogen and oxygen atoms in total. The summed E-state index contributed by atoms with van der Waals surface area (Å²) < 4.78 is 10.4. The third-order valence-electron chi connectivity index (χ3n) is 1.08. The van der Waals surface area contributed by atoms with E-state index in [0.717, 1.165) is 0 Å². The van der Waals surface area contributed by atoms with Crippen molar-refractivity contribution in [2.24, 2.45) is 0 Å². The Bertz CT molecular complexity index is 165. The van der Waals surface area contributed by atoms with E-state index < -0.39 is 8.56 Å².